The normalized spacial score (nSPS) is 12.9. The van der Waals surface area contributed by atoms with Crippen LogP contribution in [0.4, 0.5) is 5.69 Å². The van der Waals surface area contributed by atoms with Gasteiger partial charge in [0.15, 0.2) is 5.78 Å². The van der Waals surface area contributed by atoms with Gasteiger partial charge in [0.1, 0.15) is 0 Å². The number of nitrogens with one attached hydrogen (secondary N) is 1. The Labute approximate surface area is 115 Å². The summed E-state index contributed by atoms with van der Waals surface area (Å²) in [6, 6.07) is 6.98. The van der Waals surface area contributed by atoms with E-state index in [4.69, 9.17) is 0 Å². The molecule has 1 rings (SSSR count). The lowest BCUT2D eigenvalue weighted by Gasteiger charge is -2.26. The van der Waals surface area contributed by atoms with Crippen molar-refractivity contribution in [2.24, 2.45) is 11.3 Å². The van der Waals surface area contributed by atoms with Crippen LogP contribution < -0.4 is 5.32 Å². The SMILES string of the molecule is CC(=O)c1ccc(NC(=O)CC(C)C(C)(C)C)cc1. The molecule has 104 valence electrons. The summed E-state index contributed by atoms with van der Waals surface area (Å²) in [5, 5.41) is 2.86. The van der Waals surface area contributed by atoms with Crippen LogP contribution in [0.15, 0.2) is 24.3 Å². The molecule has 0 heterocycles. The van der Waals surface area contributed by atoms with E-state index in [2.05, 4.69) is 33.0 Å². The zero-order valence-corrected chi connectivity index (χ0v) is 12.4. The Hall–Kier alpha value is -1.64. The van der Waals surface area contributed by atoms with Gasteiger partial charge in [0.2, 0.25) is 5.91 Å². The Kier molecular flexibility index (Phi) is 4.87. The number of rotatable bonds is 4. The molecular formula is C16H23NO2. The minimum absolute atomic E-state index is 0.0120. The Morgan fingerprint density at radius 1 is 1.16 bits per heavy atom. The van der Waals surface area contributed by atoms with E-state index in [1.807, 2.05) is 0 Å². The number of amides is 1. The smallest absolute Gasteiger partial charge is 0.224 e. The first-order valence-corrected chi connectivity index (χ1v) is 6.61. The molecule has 3 heteroatoms. The number of benzene rings is 1. The van der Waals surface area contributed by atoms with Crippen molar-refractivity contribution in [2.45, 2.75) is 41.0 Å². The third-order valence-electron chi connectivity index (χ3n) is 3.55. The maximum absolute atomic E-state index is 11.9. The summed E-state index contributed by atoms with van der Waals surface area (Å²) in [5.74, 6) is 0.348. The van der Waals surface area contributed by atoms with Crippen molar-refractivity contribution in [3.63, 3.8) is 0 Å². The maximum Gasteiger partial charge on any atom is 0.224 e. The van der Waals surface area contributed by atoms with Crippen LogP contribution in [0.5, 0.6) is 0 Å². The highest BCUT2D eigenvalue weighted by molar-refractivity contribution is 5.95. The lowest BCUT2D eigenvalue weighted by molar-refractivity contribution is -0.117. The fourth-order valence-electron chi connectivity index (χ4n) is 1.58. The minimum Gasteiger partial charge on any atom is -0.326 e. The molecule has 0 radical (unpaired) electrons. The van der Waals surface area contributed by atoms with Gasteiger partial charge >= 0.3 is 0 Å². The molecule has 1 N–H and O–H groups in total. The van der Waals surface area contributed by atoms with Crippen LogP contribution in [-0.4, -0.2) is 11.7 Å². The number of hydrogen-bond acceptors (Lipinski definition) is 2. The quantitative estimate of drug-likeness (QED) is 0.835. The van der Waals surface area contributed by atoms with Crippen LogP contribution in [0.3, 0.4) is 0 Å². The lowest BCUT2D eigenvalue weighted by Crippen LogP contribution is -2.23. The van der Waals surface area contributed by atoms with Crippen molar-refractivity contribution in [1.29, 1.82) is 0 Å². The minimum atomic E-state index is 0.0120. The number of hydrogen-bond donors (Lipinski definition) is 1. The first-order chi connectivity index (χ1) is 8.70. The van der Waals surface area contributed by atoms with Crippen molar-refractivity contribution in [1.82, 2.24) is 0 Å². The van der Waals surface area contributed by atoms with Crippen molar-refractivity contribution in [2.75, 3.05) is 5.32 Å². The van der Waals surface area contributed by atoms with Crippen LogP contribution in [0, 0.1) is 11.3 Å². The molecule has 0 aromatic heterocycles. The van der Waals surface area contributed by atoms with E-state index in [1.165, 1.54) is 6.92 Å². The monoisotopic (exact) mass is 261 g/mol. The lowest BCUT2D eigenvalue weighted by atomic mass is 9.80. The second-order valence-corrected chi connectivity index (χ2v) is 6.15. The number of ketones is 1. The molecule has 1 aromatic carbocycles. The first-order valence-electron chi connectivity index (χ1n) is 6.61. The van der Waals surface area contributed by atoms with Gasteiger partial charge in [-0.3, -0.25) is 9.59 Å². The number of anilines is 1. The van der Waals surface area contributed by atoms with Gasteiger partial charge in [0.25, 0.3) is 0 Å². The largest absolute Gasteiger partial charge is 0.326 e. The molecule has 0 aliphatic heterocycles. The molecule has 0 saturated heterocycles. The third kappa shape index (κ3) is 4.86. The van der Waals surface area contributed by atoms with Gasteiger partial charge in [-0.1, -0.05) is 27.7 Å². The molecule has 0 bridgehead atoms. The summed E-state index contributed by atoms with van der Waals surface area (Å²) < 4.78 is 0. The van der Waals surface area contributed by atoms with Gasteiger partial charge in [-0.15, -0.1) is 0 Å². The maximum atomic E-state index is 11.9. The molecule has 1 unspecified atom stereocenters. The second kappa shape index (κ2) is 6.00. The molecule has 1 aromatic rings. The highest BCUT2D eigenvalue weighted by atomic mass is 16.1. The molecule has 0 fully saturated rings. The van der Waals surface area contributed by atoms with Crippen LogP contribution in [0.25, 0.3) is 0 Å². The summed E-state index contributed by atoms with van der Waals surface area (Å²) in [4.78, 5) is 23.1. The van der Waals surface area contributed by atoms with E-state index in [-0.39, 0.29) is 17.1 Å². The van der Waals surface area contributed by atoms with E-state index in [1.54, 1.807) is 24.3 Å². The molecule has 0 aliphatic carbocycles. The fraction of sp³-hybridized carbons (Fsp3) is 0.500. The second-order valence-electron chi connectivity index (χ2n) is 6.15. The fourth-order valence-corrected chi connectivity index (χ4v) is 1.58. The van der Waals surface area contributed by atoms with Crippen molar-refractivity contribution >= 4 is 17.4 Å². The van der Waals surface area contributed by atoms with Gasteiger partial charge < -0.3 is 5.32 Å². The number of carbonyl (C=O) groups is 2. The van der Waals surface area contributed by atoms with Crippen LogP contribution in [-0.2, 0) is 4.79 Å². The predicted octanol–water partition coefficient (Wildman–Crippen LogP) is 3.90. The van der Waals surface area contributed by atoms with E-state index >= 15 is 0 Å². The van der Waals surface area contributed by atoms with Gasteiger partial charge in [-0.25, -0.2) is 0 Å². The predicted molar refractivity (Wildman–Crippen MR) is 78.3 cm³/mol. The van der Waals surface area contributed by atoms with Crippen molar-refractivity contribution < 1.29 is 9.59 Å². The van der Waals surface area contributed by atoms with Crippen LogP contribution >= 0.6 is 0 Å². The van der Waals surface area contributed by atoms with Crippen molar-refractivity contribution in [3.8, 4) is 0 Å². The summed E-state index contributed by atoms with van der Waals surface area (Å²) >= 11 is 0. The first kappa shape index (κ1) is 15.4. The van der Waals surface area contributed by atoms with Gasteiger partial charge in [0, 0.05) is 17.7 Å². The van der Waals surface area contributed by atoms with E-state index < -0.39 is 0 Å². The zero-order chi connectivity index (χ0) is 14.6. The molecule has 0 aliphatic rings. The third-order valence-corrected chi connectivity index (χ3v) is 3.55. The molecule has 19 heavy (non-hydrogen) atoms. The Morgan fingerprint density at radius 2 is 1.68 bits per heavy atom. The molecule has 0 spiro atoms. The van der Waals surface area contributed by atoms with E-state index in [0.29, 0.717) is 17.9 Å². The number of Topliss-reactive ketones (excluding diaryl/α,β-unsaturated/α-hetero) is 1. The highest BCUT2D eigenvalue weighted by Gasteiger charge is 2.22. The topological polar surface area (TPSA) is 46.2 Å². The zero-order valence-electron chi connectivity index (χ0n) is 12.4. The molecule has 1 amide bonds. The van der Waals surface area contributed by atoms with Gasteiger partial charge in [0.05, 0.1) is 0 Å². The summed E-state index contributed by atoms with van der Waals surface area (Å²) in [6.07, 6.45) is 0.498. The molecule has 1 atom stereocenters. The van der Waals surface area contributed by atoms with Crippen LogP contribution in [0.1, 0.15) is 51.4 Å². The summed E-state index contributed by atoms with van der Waals surface area (Å²) in [7, 11) is 0. The summed E-state index contributed by atoms with van der Waals surface area (Å²) in [5.41, 5.74) is 1.51. The van der Waals surface area contributed by atoms with Crippen molar-refractivity contribution in [3.05, 3.63) is 29.8 Å². The Morgan fingerprint density at radius 3 is 2.11 bits per heavy atom. The Balaban J connectivity index is 2.60. The Bertz CT molecular complexity index is 455. The molecule has 3 nitrogen and oxygen atoms in total. The van der Waals surface area contributed by atoms with E-state index in [0.717, 1.165) is 5.69 Å². The molecular weight excluding hydrogens is 238 g/mol. The average molecular weight is 261 g/mol. The number of carbonyl (C=O) groups excluding carboxylic acids is 2. The van der Waals surface area contributed by atoms with Crippen LogP contribution in [0.2, 0.25) is 0 Å². The van der Waals surface area contributed by atoms with Gasteiger partial charge in [-0.05, 0) is 42.5 Å². The standard InChI is InChI=1S/C16H23NO2/c1-11(16(3,4)5)10-15(19)17-14-8-6-13(7-9-14)12(2)18/h6-9,11H,10H2,1-5H3,(H,17,19). The highest BCUT2D eigenvalue weighted by Crippen LogP contribution is 2.28. The average Bonchev–Trinajstić information content (AvgIpc) is 2.28. The van der Waals surface area contributed by atoms with E-state index in [9.17, 15) is 9.59 Å². The summed E-state index contributed by atoms with van der Waals surface area (Å²) in [6.45, 7) is 10.0. The molecule has 0 saturated carbocycles. The van der Waals surface area contributed by atoms with Gasteiger partial charge in [-0.2, -0.15) is 0 Å².